The first-order chi connectivity index (χ1) is 7.83. The molecule has 5 heteroatoms. The van der Waals surface area contributed by atoms with Crippen LogP contribution in [-0.4, -0.2) is 40.5 Å². The van der Waals surface area contributed by atoms with Crippen molar-refractivity contribution in [1.82, 2.24) is 9.78 Å². The summed E-state index contributed by atoms with van der Waals surface area (Å²) in [7, 11) is 0. The standard InChI is InChI=1S/C11H16N2O3/c14-4-3-13-10-1-2-11(15-5-6-16-11)7-9(10)8-12-13/h8,14H,1-7H2. The second-order valence-electron chi connectivity index (χ2n) is 4.35. The van der Waals surface area contributed by atoms with Crippen LogP contribution in [0.4, 0.5) is 0 Å². The zero-order chi connectivity index (χ0) is 11.0. The van der Waals surface area contributed by atoms with Gasteiger partial charge in [-0.3, -0.25) is 4.68 Å². The molecule has 1 fully saturated rings. The third-order valence-electron chi connectivity index (χ3n) is 3.36. The van der Waals surface area contributed by atoms with Gasteiger partial charge in [0.2, 0.25) is 0 Å². The summed E-state index contributed by atoms with van der Waals surface area (Å²) in [6.07, 6.45) is 4.46. The highest BCUT2D eigenvalue weighted by molar-refractivity contribution is 5.23. The number of aromatic nitrogens is 2. The van der Waals surface area contributed by atoms with E-state index in [1.54, 1.807) is 0 Å². The Morgan fingerprint density at radius 1 is 1.44 bits per heavy atom. The van der Waals surface area contributed by atoms with Gasteiger partial charge in [0, 0.05) is 18.5 Å². The fourth-order valence-corrected chi connectivity index (χ4v) is 2.60. The van der Waals surface area contributed by atoms with E-state index in [1.165, 1.54) is 11.3 Å². The van der Waals surface area contributed by atoms with E-state index in [2.05, 4.69) is 5.10 Å². The third kappa shape index (κ3) is 1.55. The van der Waals surface area contributed by atoms with Crippen molar-refractivity contribution in [2.75, 3.05) is 19.8 Å². The van der Waals surface area contributed by atoms with E-state index >= 15 is 0 Å². The SMILES string of the molecule is OCCn1ncc2c1CCC1(C2)OCCO1. The number of aliphatic hydroxyl groups excluding tert-OH is 1. The van der Waals surface area contributed by atoms with Crippen LogP contribution in [0.1, 0.15) is 17.7 Å². The average Bonchev–Trinajstić information content (AvgIpc) is 2.88. The minimum absolute atomic E-state index is 0.131. The Kier molecular flexibility index (Phi) is 2.46. The van der Waals surface area contributed by atoms with Gasteiger partial charge in [-0.1, -0.05) is 0 Å². The first-order valence-corrected chi connectivity index (χ1v) is 5.75. The van der Waals surface area contributed by atoms with Crippen molar-refractivity contribution >= 4 is 0 Å². The molecule has 0 aromatic carbocycles. The number of ether oxygens (including phenoxy) is 2. The molecule has 2 aliphatic rings. The van der Waals surface area contributed by atoms with Crippen LogP contribution in [0.15, 0.2) is 6.20 Å². The number of hydrogen-bond acceptors (Lipinski definition) is 4. The lowest BCUT2D eigenvalue weighted by molar-refractivity contribution is -0.164. The lowest BCUT2D eigenvalue weighted by Crippen LogP contribution is -2.37. The molecule has 0 atom stereocenters. The molecule has 0 unspecified atom stereocenters. The molecule has 1 saturated heterocycles. The number of nitrogens with zero attached hydrogens (tertiary/aromatic N) is 2. The zero-order valence-electron chi connectivity index (χ0n) is 9.19. The maximum absolute atomic E-state index is 8.93. The topological polar surface area (TPSA) is 56.5 Å². The molecule has 1 aromatic heterocycles. The molecule has 0 saturated carbocycles. The van der Waals surface area contributed by atoms with Crippen molar-refractivity contribution < 1.29 is 14.6 Å². The molecular formula is C11H16N2O3. The molecule has 16 heavy (non-hydrogen) atoms. The molecule has 1 spiro atoms. The van der Waals surface area contributed by atoms with Gasteiger partial charge in [-0.2, -0.15) is 5.10 Å². The molecule has 0 bridgehead atoms. The summed E-state index contributed by atoms with van der Waals surface area (Å²) in [5, 5.41) is 13.2. The van der Waals surface area contributed by atoms with Gasteiger partial charge in [0.1, 0.15) is 0 Å². The maximum atomic E-state index is 8.93. The van der Waals surface area contributed by atoms with Crippen LogP contribution in [-0.2, 0) is 28.9 Å². The Balaban J connectivity index is 1.84. The summed E-state index contributed by atoms with van der Waals surface area (Å²) in [4.78, 5) is 0. The zero-order valence-corrected chi connectivity index (χ0v) is 9.19. The van der Waals surface area contributed by atoms with Crippen molar-refractivity contribution in [3.05, 3.63) is 17.5 Å². The van der Waals surface area contributed by atoms with Gasteiger partial charge in [0.25, 0.3) is 0 Å². The van der Waals surface area contributed by atoms with E-state index in [9.17, 15) is 0 Å². The van der Waals surface area contributed by atoms with E-state index in [1.807, 2.05) is 10.9 Å². The van der Waals surface area contributed by atoms with Crippen LogP contribution in [0, 0.1) is 0 Å². The smallest absolute Gasteiger partial charge is 0.172 e. The number of aliphatic hydroxyl groups is 1. The Hall–Kier alpha value is -0.910. The lowest BCUT2D eigenvalue weighted by atomic mass is 9.92. The van der Waals surface area contributed by atoms with Crippen LogP contribution in [0.25, 0.3) is 0 Å². The fourth-order valence-electron chi connectivity index (χ4n) is 2.60. The highest BCUT2D eigenvalue weighted by Gasteiger charge is 2.40. The van der Waals surface area contributed by atoms with Gasteiger partial charge in [-0.15, -0.1) is 0 Å². The van der Waals surface area contributed by atoms with Crippen molar-refractivity contribution in [1.29, 1.82) is 0 Å². The Labute approximate surface area is 94.0 Å². The Morgan fingerprint density at radius 2 is 2.25 bits per heavy atom. The van der Waals surface area contributed by atoms with E-state index in [4.69, 9.17) is 14.6 Å². The summed E-state index contributed by atoms with van der Waals surface area (Å²) in [5.74, 6) is -0.389. The number of hydrogen-bond donors (Lipinski definition) is 1. The summed E-state index contributed by atoms with van der Waals surface area (Å²) in [6.45, 7) is 2.09. The molecule has 5 nitrogen and oxygen atoms in total. The monoisotopic (exact) mass is 224 g/mol. The maximum Gasteiger partial charge on any atom is 0.172 e. The summed E-state index contributed by atoms with van der Waals surface area (Å²) >= 11 is 0. The predicted octanol–water partition coefficient (Wildman–Crippen LogP) is 0.107. The average molecular weight is 224 g/mol. The second-order valence-corrected chi connectivity index (χ2v) is 4.35. The molecule has 2 heterocycles. The predicted molar refractivity (Wildman–Crippen MR) is 56.0 cm³/mol. The van der Waals surface area contributed by atoms with Gasteiger partial charge in [-0.25, -0.2) is 0 Å². The van der Waals surface area contributed by atoms with Crippen LogP contribution in [0.2, 0.25) is 0 Å². The quantitative estimate of drug-likeness (QED) is 0.774. The van der Waals surface area contributed by atoms with Crippen molar-refractivity contribution in [3.8, 4) is 0 Å². The van der Waals surface area contributed by atoms with Crippen molar-refractivity contribution in [2.24, 2.45) is 0 Å². The summed E-state index contributed by atoms with van der Waals surface area (Å²) < 4.78 is 13.3. The largest absolute Gasteiger partial charge is 0.394 e. The number of fused-ring (bicyclic) bond motifs is 1. The Morgan fingerprint density at radius 3 is 3.00 bits per heavy atom. The molecule has 88 valence electrons. The first-order valence-electron chi connectivity index (χ1n) is 5.75. The van der Waals surface area contributed by atoms with E-state index in [-0.39, 0.29) is 12.4 Å². The summed E-state index contributed by atoms with van der Waals surface area (Å²) in [5.41, 5.74) is 2.42. The first kappa shape index (κ1) is 10.3. The molecule has 1 aromatic rings. The van der Waals surface area contributed by atoms with Crippen LogP contribution in [0.3, 0.4) is 0 Å². The molecular weight excluding hydrogens is 208 g/mol. The van der Waals surface area contributed by atoms with Crippen LogP contribution in [0.5, 0.6) is 0 Å². The van der Waals surface area contributed by atoms with Crippen molar-refractivity contribution in [2.45, 2.75) is 31.6 Å². The molecule has 0 radical (unpaired) electrons. The molecule has 1 aliphatic heterocycles. The highest BCUT2D eigenvalue weighted by Crippen LogP contribution is 2.35. The molecule has 3 rings (SSSR count). The van der Waals surface area contributed by atoms with Crippen LogP contribution >= 0.6 is 0 Å². The van der Waals surface area contributed by atoms with Crippen LogP contribution < -0.4 is 0 Å². The lowest BCUT2D eigenvalue weighted by Gasteiger charge is -2.31. The Bertz CT molecular complexity index is 383. The molecule has 0 amide bonds. The van der Waals surface area contributed by atoms with E-state index in [0.717, 1.165) is 19.3 Å². The number of rotatable bonds is 2. The molecule has 1 N–H and O–H groups in total. The summed E-state index contributed by atoms with van der Waals surface area (Å²) in [6, 6.07) is 0. The van der Waals surface area contributed by atoms with E-state index in [0.29, 0.717) is 19.8 Å². The second kappa shape index (κ2) is 3.84. The normalized spacial score (nSPS) is 22.6. The van der Waals surface area contributed by atoms with E-state index < -0.39 is 0 Å². The van der Waals surface area contributed by atoms with Gasteiger partial charge in [0.15, 0.2) is 5.79 Å². The molecule has 1 aliphatic carbocycles. The highest BCUT2D eigenvalue weighted by atomic mass is 16.7. The third-order valence-corrected chi connectivity index (χ3v) is 3.36. The van der Waals surface area contributed by atoms with Gasteiger partial charge in [-0.05, 0) is 12.0 Å². The minimum Gasteiger partial charge on any atom is -0.394 e. The van der Waals surface area contributed by atoms with Gasteiger partial charge < -0.3 is 14.6 Å². The van der Waals surface area contributed by atoms with Gasteiger partial charge >= 0.3 is 0 Å². The van der Waals surface area contributed by atoms with Gasteiger partial charge in [0.05, 0.1) is 32.6 Å². The van der Waals surface area contributed by atoms with Crippen molar-refractivity contribution in [3.63, 3.8) is 0 Å². The fraction of sp³-hybridized carbons (Fsp3) is 0.727. The minimum atomic E-state index is -0.389.